The minimum atomic E-state index is -0.577. The zero-order chi connectivity index (χ0) is 17.2. The lowest BCUT2D eigenvalue weighted by Crippen LogP contribution is -2.35. The lowest BCUT2D eigenvalue weighted by Gasteiger charge is -2.24. The molecular formula is C15H18Cl2N4O2. The first-order valence-electron chi connectivity index (χ1n) is 7.18. The molecule has 1 amide bonds. The summed E-state index contributed by atoms with van der Waals surface area (Å²) in [7, 11) is 0. The number of hydrogen-bond acceptors (Lipinski definition) is 3. The van der Waals surface area contributed by atoms with Gasteiger partial charge in [0, 0.05) is 23.9 Å². The van der Waals surface area contributed by atoms with E-state index in [1.807, 2.05) is 26.8 Å². The zero-order valence-electron chi connectivity index (χ0n) is 13.2. The van der Waals surface area contributed by atoms with Crippen molar-refractivity contribution in [3.8, 4) is 0 Å². The Labute approximate surface area is 144 Å². The summed E-state index contributed by atoms with van der Waals surface area (Å²) in [6.45, 7) is 6.13. The number of hydrogen-bond donors (Lipinski definition) is 0. The van der Waals surface area contributed by atoms with E-state index >= 15 is 0 Å². The fourth-order valence-corrected chi connectivity index (χ4v) is 2.82. The van der Waals surface area contributed by atoms with Gasteiger partial charge in [-0.25, -0.2) is 4.79 Å². The highest BCUT2D eigenvalue weighted by Gasteiger charge is 2.37. The summed E-state index contributed by atoms with van der Waals surface area (Å²) >= 11 is 12.0. The van der Waals surface area contributed by atoms with E-state index in [0.29, 0.717) is 23.1 Å². The van der Waals surface area contributed by atoms with E-state index < -0.39 is 11.7 Å². The Balaban J connectivity index is 2.23. The molecule has 0 aliphatic carbocycles. The van der Waals surface area contributed by atoms with E-state index in [4.69, 9.17) is 33.5 Å². The van der Waals surface area contributed by atoms with Crippen LogP contribution in [0.3, 0.4) is 0 Å². The summed E-state index contributed by atoms with van der Waals surface area (Å²) in [5.41, 5.74) is 9.08. The van der Waals surface area contributed by atoms with Crippen molar-refractivity contribution < 1.29 is 9.53 Å². The number of halogens is 2. The van der Waals surface area contributed by atoms with Gasteiger partial charge in [-0.1, -0.05) is 34.4 Å². The molecule has 2 atom stereocenters. The third-order valence-corrected chi connectivity index (χ3v) is 4.25. The minimum Gasteiger partial charge on any atom is -0.444 e. The Morgan fingerprint density at radius 2 is 2.04 bits per heavy atom. The number of rotatable bonds is 2. The van der Waals surface area contributed by atoms with Gasteiger partial charge in [-0.15, -0.1) is 0 Å². The van der Waals surface area contributed by atoms with Crippen molar-refractivity contribution in [2.75, 3.05) is 13.1 Å². The molecule has 1 fully saturated rings. The van der Waals surface area contributed by atoms with Crippen molar-refractivity contribution in [1.29, 1.82) is 0 Å². The second kappa shape index (κ2) is 6.87. The largest absolute Gasteiger partial charge is 0.444 e. The summed E-state index contributed by atoms with van der Waals surface area (Å²) < 4.78 is 5.38. The Morgan fingerprint density at radius 1 is 1.35 bits per heavy atom. The second-order valence-corrected chi connectivity index (χ2v) is 7.25. The van der Waals surface area contributed by atoms with Crippen molar-refractivity contribution >= 4 is 29.3 Å². The standard InChI is InChI=1S/C15H18Cl2N4O2/c1-15(2,3)23-14(22)21-7-10(13(8-21)19-20-18)9-4-5-11(16)12(17)6-9/h4-6,10,13H,7-8H2,1-3H3/t10-,13-/m0/s1. The Hall–Kier alpha value is -1.62. The normalized spacial score (nSPS) is 21.0. The third kappa shape index (κ3) is 4.44. The summed E-state index contributed by atoms with van der Waals surface area (Å²) in [6.07, 6.45) is -0.418. The predicted molar refractivity (Wildman–Crippen MR) is 89.9 cm³/mol. The molecule has 0 aromatic heterocycles. The fourth-order valence-electron chi connectivity index (χ4n) is 2.52. The number of nitrogens with zero attached hydrogens (tertiary/aromatic N) is 4. The van der Waals surface area contributed by atoms with Gasteiger partial charge >= 0.3 is 6.09 Å². The average Bonchev–Trinajstić information content (AvgIpc) is 2.85. The first-order valence-corrected chi connectivity index (χ1v) is 7.94. The molecule has 1 aliphatic rings. The molecule has 0 radical (unpaired) electrons. The third-order valence-electron chi connectivity index (χ3n) is 3.51. The zero-order valence-corrected chi connectivity index (χ0v) is 14.7. The molecule has 1 aliphatic heterocycles. The molecule has 0 bridgehead atoms. The monoisotopic (exact) mass is 356 g/mol. The molecule has 1 heterocycles. The SMILES string of the molecule is CC(C)(C)OC(=O)N1C[C@H](N=[N+]=[N-])[C@H](c2ccc(Cl)c(Cl)c2)C1. The number of benzene rings is 1. The van der Waals surface area contributed by atoms with Crippen LogP contribution in [-0.4, -0.2) is 35.7 Å². The lowest BCUT2D eigenvalue weighted by atomic mass is 9.95. The number of likely N-dealkylation sites (tertiary alicyclic amines) is 1. The van der Waals surface area contributed by atoms with Crippen LogP contribution in [0.5, 0.6) is 0 Å². The van der Waals surface area contributed by atoms with Gasteiger partial charge in [-0.2, -0.15) is 0 Å². The lowest BCUT2D eigenvalue weighted by molar-refractivity contribution is 0.0290. The molecule has 23 heavy (non-hydrogen) atoms. The van der Waals surface area contributed by atoms with Gasteiger partial charge < -0.3 is 9.64 Å². The topological polar surface area (TPSA) is 78.3 Å². The average molecular weight is 357 g/mol. The first kappa shape index (κ1) is 17.7. The van der Waals surface area contributed by atoms with Crippen molar-refractivity contribution in [2.45, 2.75) is 38.3 Å². The van der Waals surface area contributed by atoms with Crippen LogP contribution in [-0.2, 0) is 4.74 Å². The van der Waals surface area contributed by atoms with Crippen LogP contribution >= 0.6 is 23.2 Å². The Bertz CT molecular complexity index is 653. The molecule has 0 unspecified atom stereocenters. The molecule has 1 aromatic rings. The summed E-state index contributed by atoms with van der Waals surface area (Å²) in [5, 5.41) is 4.70. The van der Waals surface area contributed by atoms with Gasteiger partial charge in [-0.3, -0.25) is 0 Å². The molecule has 0 N–H and O–H groups in total. The number of ether oxygens (including phenoxy) is 1. The molecule has 2 rings (SSSR count). The maximum absolute atomic E-state index is 12.2. The van der Waals surface area contributed by atoms with E-state index in [1.165, 1.54) is 0 Å². The Morgan fingerprint density at radius 3 is 2.61 bits per heavy atom. The van der Waals surface area contributed by atoms with Crippen molar-refractivity contribution in [3.63, 3.8) is 0 Å². The quantitative estimate of drug-likeness (QED) is 0.424. The number of carbonyl (C=O) groups is 1. The minimum absolute atomic E-state index is 0.145. The van der Waals surface area contributed by atoms with Crippen LogP contribution in [0.15, 0.2) is 23.3 Å². The number of amides is 1. The molecule has 124 valence electrons. The second-order valence-electron chi connectivity index (χ2n) is 6.44. The van der Waals surface area contributed by atoms with Crippen molar-refractivity contribution in [2.24, 2.45) is 5.11 Å². The molecular weight excluding hydrogens is 339 g/mol. The Kier molecular flexibility index (Phi) is 5.30. The van der Waals surface area contributed by atoms with Crippen molar-refractivity contribution in [3.05, 3.63) is 44.3 Å². The van der Waals surface area contributed by atoms with Gasteiger partial charge in [0.15, 0.2) is 0 Å². The number of azide groups is 1. The molecule has 1 aromatic carbocycles. The summed E-state index contributed by atoms with van der Waals surface area (Å²) in [4.78, 5) is 16.7. The highest BCUT2D eigenvalue weighted by Crippen LogP contribution is 2.34. The molecule has 0 spiro atoms. The van der Waals surface area contributed by atoms with E-state index in [0.717, 1.165) is 5.56 Å². The maximum Gasteiger partial charge on any atom is 0.410 e. The highest BCUT2D eigenvalue weighted by atomic mass is 35.5. The summed E-state index contributed by atoms with van der Waals surface area (Å²) in [5.74, 6) is -0.145. The first-order chi connectivity index (χ1) is 10.7. The van der Waals surface area contributed by atoms with E-state index in [1.54, 1.807) is 17.0 Å². The van der Waals surface area contributed by atoms with Gasteiger partial charge in [0.1, 0.15) is 5.60 Å². The van der Waals surface area contributed by atoms with Crippen LogP contribution in [0.2, 0.25) is 10.0 Å². The molecule has 6 nitrogen and oxygen atoms in total. The maximum atomic E-state index is 12.2. The van der Waals surface area contributed by atoms with Crippen LogP contribution in [0.25, 0.3) is 10.4 Å². The fraction of sp³-hybridized carbons (Fsp3) is 0.533. The van der Waals surface area contributed by atoms with E-state index in [2.05, 4.69) is 10.0 Å². The van der Waals surface area contributed by atoms with Crippen LogP contribution in [0, 0.1) is 0 Å². The molecule has 8 heteroatoms. The molecule has 1 saturated heterocycles. The smallest absolute Gasteiger partial charge is 0.410 e. The van der Waals surface area contributed by atoms with Crippen LogP contribution in [0.1, 0.15) is 32.3 Å². The van der Waals surface area contributed by atoms with Gasteiger partial charge in [0.05, 0.1) is 16.1 Å². The summed E-state index contributed by atoms with van der Waals surface area (Å²) in [6, 6.07) is 4.90. The molecule has 0 saturated carbocycles. The van der Waals surface area contributed by atoms with Crippen LogP contribution in [0.4, 0.5) is 4.79 Å². The highest BCUT2D eigenvalue weighted by molar-refractivity contribution is 6.42. The van der Waals surface area contributed by atoms with E-state index in [9.17, 15) is 4.79 Å². The van der Waals surface area contributed by atoms with Crippen molar-refractivity contribution in [1.82, 2.24) is 4.90 Å². The number of carbonyl (C=O) groups excluding carboxylic acids is 1. The van der Waals surface area contributed by atoms with Gasteiger partial charge in [0.2, 0.25) is 0 Å². The van der Waals surface area contributed by atoms with E-state index in [-0.39, 0.29) is 12.0 Å². The van der Waals surface area contributed by atoms with Gasteiger partial charge in [0.25, 0.3) is 0 Å². The van der Waals surface area contributed by atoms with Crippen LogP contribution < -0.4 is 0 Å². The predicted octanol–water partition coefficient (Wildman–Crippen LogP) is 5.01. The van der Waals surface area contributed by atoms with Gasteiger partial charge in [-0.05, 0) is 44.0 Å².